The normalized spacial score (nSPS) is 17.0. The first-order valence-corrected chi connectivity index (χ1v) is 12.3. The Morgan fingerprint density at radius 3 is 2.58 bits per heavy atom. The van der Waals surface area contributed by atoms with Gasteiger partial charge in [0.1, 0.15) is 17.1 Å². The van der Waals surface area contributed by atoms with Gasteiger partial charge in [-0.3, -0.25) is 9.10 Å². The van der Waals surface area contributed by atoms with E-state index in [9.17, 15) is 22.0 Å². The number of methoxy groups -OCH3 is 1. The number of fused-ring (bicyclic) bond motifs is 1. The molecule has 1 aliphatic rings. The van der Waals surface area contributed by atoms with Crippen molar-refractivity contribution in [2.75, 3.05) is 24.2 Å². The number of hydrogen-bond acceptors (Lipinski definition) is 5. The standard InChI is InChI=1S/C23H28F2N2O5S/c1-23(2)14-20(17-13-16(31-3)8-10-21(17)32-23)26-22(28)6-5-11-27(33(4,29)30)15-7-9-18(24)19(25)12-15/h7-10,12-13,20H,5-6,11,14H2,1-4H3,(H,26,28)/t20-/m1/s1. The van der Waals surface area contributed by atoms with E-state index in [2.05, 4.69) is 5.32 Å². The van der Waals surface area contributed by atoms with Crippen LogP contribution in [0.15, 0.2) is 36.4 Å². The number of nitrogens with one attached hydrogen (secondary N) is 1. The number of ether oxygens (including phenoxy) is 2. The SMILES string of the molecule is COc1ccc2c(c1)[C@H](NC(=O)CCCN(c1ccc(F)c(F)c1)S(C)(=O)=O)CC(C)(C)O2. The molecule has 0 spiro atoms. The van der Waals surface area contributed by atoms with Gasteiger partial charge in [-0.25, -0.2) is 17.2 Å². The van der Waals surface area contributed by atoms with E-state index in [-0.39, 0.29) is 37.0 Å². The van der Waals surface area contributed by atoms with E-state index >= 15 is 0 Å². The van der Waals surface area contributed by atoms with Gasteiger partial charge in [0.2, 0.25) is 15.9 Å². The molecule has 2 aromatic carbocycles. The molecule has 0 aromatic heterocycles. The van der Waals surface area contributed by atoms with E-state index in [0.717, 1.165) is 28.3 Å². The van der Waals surface area contributed by atoms with Crippen molar-refractivity contribution in [2.24, 2.45) is 0 Å². The Morgan fingerprint density at radius 2 is 1.94 bits per heavy atom. The number of nitrogens with zero attached hydrogens (tertiary/aromatic N) is 1. The Morgan fingerprint density at radius 1 is 1.21 bits per heavy atom. The highest BCUT2D eigenvalue weighted by Gasteiger charge is 2.34. The van der Waals surface area contributed by atoms with Crippen molar-refractivity contribution in [1.82, 2.24) is 5.32 Å². The lowest BCUT2D eigenvalue weighted by Crippen LogP contribution is -2.41. The fraction of sp³-hybridized carbons (Fsp3) is 0.435. The van der Waals surface area contributed by atoms with Crippen LogP contribution < -0.4 is 19.1 Å². The summed E-state index contributed by atoms with van der Waals surface area (Å²) in [4.78, 5) is 12.7. The zero-order valence-corrected chi connectivity index (χ0v) is 19.8. The molecule has 2 aromatic rings. The van der Waals surface area contributed by atoms with Gasteiger partial charge < -0.3 is 14.8 Å². The maximum Gasteiger partial charge on any atom is 0.232 e. The minimum Gasteiger partial charge on any atom is -0.497 e. The van der Waals surface area contributed by atoms with Crippen molar-refractivity contribution >= 4 is 21.6 Å². The van der Waals surface area contributed by atoms with Crippen LogP contribution in [0.4, 0.5) is 14.5 Å². The molecule has 0 radical (unpaired) electrons. The average molecular weight is 483 g/mol. The van der Waals surface area contributed by atoms with E-state index < -0.39 is 27.3 Å². The summed E-state index contributed by atoms with van der Waals surface area (Å²) >= 11 is 0. The maximum atomic E-state index is 13.6. The number of hydrogen-bond donors (Lipinski definition) is 1. The first kappa shape index (κ1) is 24.8. The van der Waals surface area contributed by atoms with Gasteiger partial charge in [0.05, 0.1) is 25.1 Å². The molecular formula is C23H28F2N2O5S. The number of carbonyl (C=O) groups is 1. The Balaban J connectivity index is 1.67. The van der Waals surface area contributed by atoms with Crippen LogP contribution in [-0.4, -0.2) is 39.8 Å². The number of amides is 1. The summed E-state index contributed by atoms with van der Waals surface area (Å²) in [6.07, 6.45) is 1.76. The number of sulfonamides is 1. The van der Waals surface area contributed by atoms with Gasteiger partial charge in [-0.05, 0) is 50.6 Å². The largest absolute Gasteiger partial charge is 0.497 e. The molecule has 3 rings (SSSR count). The highest BCUT2D eigenvalue weighted by Crippen LogP contribution is 2.41. The monoisotopic (exact) mass is 482 g/mol. The molecule has 10 heteroatoms. The third-order valence-corrected chi connectivity index (χ3v) is 6.56. The summed E-state index contributed by atoms with van der Waals surface area (Å²) in [6, 6.07) is 8.00. The Bertz CT molecular complexity index is 1140. The third kappa shape index (κ3) is 6.13. The Hall–Kier alpha value is -2.88. The topological polar surface area (TPSA) is 84.9 Å². The van der Waals surface area contributed by atoms with Gasteiger partial charge in [-0.2, -0.15) is 0 Å². The van der Waals surface area contributed by atoms with Gasteiger partial charge >= 0.3 is 0 Å². The molecule has 0 aliphatic carbocycles. The second-order valence-corrected chi connectivity index (χ2v) is 10.5. The molecule has 1 atom stereocenters. The quantitative estimate of drug-likeness (QED) is 0.616. The van der Waals surface area contributed by atoms with Crippen LogP contribution in [0.1, 0.15) is 44.7 Å². The van der Waals surface area contributed by atoms with Crippen LogP contribution in [0.25, 0.3) is 0 Å². The molecule has 180 valence electrons. The summed E-state index contributed by atoms with van der Waals surface area (Å²) in [5.74, 6) is -1.16. The highest BCUT2D eigenvalue weighted by atomic mass is 32.2. The van der Waals surface area contributed by atoms with Gasteiger partial charge in [0.25, 0.3) is 0 Å². The van der Waals surface area contributed by atoms with Gasteiger partial charge in [-0.15, -0.1) is 0 Å². The number of benzene rings is 2. The van der Waals surface area contributed by atoms with E-state index in [1.54, 1.807) is 19.2 Å². The lowest BCUT2D eigenvalue weighted by atomic mass is 9.89. The van der Waals surface area contributed by atoms with Crippen molar-refractivity contribution in [3.8, 4) is 11.5 Å². The zero-order chi connectivity index (χ0) is 24.4. The van der Waals surface area contributed by atoms with Crippen molar-refractivity contribution in [2.45, 2.75) is 44.8 Å². The van der Waals surface area contributed by atoms with Crippen LogP contribution >= 0.6 is 0 Å². The lowest BCUT2D eigenvalue weighted by molar-refractivity contribution is -0.122. The van der Waals surface area contributed by atoms with Crippen LogP contribution in [-0.2, 0) is 14.8 Å². The van der Waals surface area contributed by atoms with E-state index in [1.807, 2.05) is 19.9 Å². The van der Waals surface area contributed by atoms with Crippen molar-refractivity contribution < 1.29 is 31.5 Å². The van der Waals surface area contributed by atoms with Crippen LogP contribution in [0.2, 0.25) is 0 Å². The molecule has 0 bridgehead atoms. The van der Waals surface area contributed by atoms with Crippen molar-refractivity contribution in [3.05, 3.63) is 53.6 Å². The molecule has 1 heterocycles. The summed E-state index contributed by atoms with van der Waals surface area (Å²) in [6.45, 7) is 3.82. The molecule has 7 nitrogen and oxygen atoms in total. The second kappa shape index (κ2) is 9.54. The molecule has 1 amide bonds. The molecule has 33 heavy (non-hydrogen) atoms. The predicted molar refractivity (Wildman–Crippen MR) is 121 cm³/mol. The van der Waals surface area contributed by atoms with E-state index in [1.165, 1.54) is 6.07 Å². The highest BCUT2D eigenvalue weighted by molar-refractivity contribution is 7.92. The molecule has 0 unspecified atom stereocenters. The van der Waals surface area contributed by atoms with Gasteiger partial charge in [0.15, 0.2) is 11.6 Å². The fourth-order valence-electron chi connectivity index (χ4n) is 3.86. The smallest absolute Gasteiger partial charge is 0.232 e. The van der Waals surface area contributed by atoms with Gasteiger partial charge in [-0.1, -0.05) is 0 Å². The second-order valence-electron chi connectivity index (χ2n) is 8.63. The van der Waals surface area contributed by atoms with Crippen LogP contribution in [0.5, 0.6) is 11.5 Å². The fourth-order valence-corrected chi connectivity index (χ4v) is 4.82. The Labute approximate surface area is 192 Å². The molecule has 0 fully saturated rings. The minimum absolute atomic E-state index is 0.00371. The zero-order valence-electron chi connectivity index (χ0n) is 19.0. The van der Waals surface area contributed by atoms with Crippen molar-refractivity contribution in [1.29, 1.82) is 0 Å². The van der Waals surface area contributed by atoms with E-state index in [0.29, 0.717) is 17.9 Å². The molecule has 1 N–H and O–H groups in total. The minimum atomic E-state index is -3.75. The number of halogens is 2. The first-order chi connectivity index (χ1) is 15.4. The molecule has 0 saturated carbocycles. The van der Waals surface area contributed by atoms with Crippen LogP contribution in [0.3, 0.4) is 0 Å². The van der Waals surface area contributed by atoms with Crippen LogP contribution in [0, 0.1) is 11.6 Å². The number of anilines is 1. The summed E-state index contributed by atoms with van der Waals surface area (Å²) < 4.78 is 63.4. The van der Waals surface area contributed by atoms with E-state index in [4.69, 9.17) is 9.47 Å². The Kier molecular flexibility index (Phi) is 7.16. The predicted octanol–water partition coefficient (Wildman–Crippen LogP) is 3.94. The first-order valence-electron chi connectivity index (χ1n) is 10.5. The summed E-state index contributed by atoms with van der Waals surface area (Å²) in [5.41, 5.74) is 0.324. The third-order valence-electron chi connectivity index (χ3n) is 5.37. The molecular weight excluding hydrogens is 454 g/mol. The summed E-state index contributed by atoms with van der Waals surface area (Å²) in [5, 5.41) is 3.00. The van der Waals surface area contributed by atoms with Gasteiger partial charge in [0, 0.05) is 31.0 Å². The lowest BCUT2D eigenvalue weighted by Gasteiger charge is -2.38. The van der Waals surface area contributed by atoms with Crippen molar-refractivity contribution in [3.63, 3.8) is 0 Å². The number of rotatable bonds is 8. The average Bonchev–Trinajstić information content (AvgIpc) is 2.71. The maximum absolute atomic E-state index is 13.6. The summed E-state index contributed by atoms with van der Waals surface area (Å²) in [7, 11) is -2.19. The molecule has 1 aliphatic heterocycles. The molecule has 0 saturated heterocycles. The number of carbonyl (C=O) groups excluding carboxylic acids is 1.